The fourth-order valence-corrected chi connectivity index (χ4v) is 1.62. The van der Waals surface area contributed by atoms with Crippen molar-refractivity contribution in [1.29, 1.82) is 0 Å². The normalized spacial score (nSPS) is 12.7. The third kappa shape index (κ3) is 4.42. The van der Waals surface area contributed by atoms with E-state index in [1.54, 1.807) is 7.11 Å². The van der Waals surface area contributed by atoms with Crippen molar-refractivity contribution in [3.05, 3.63) is 35.4 Å². The van der Waals surface area contributed by atoms with Crippen LogP contribution in [0.3, 0.4) is 0 Å². The Balaban J connectivity index is 2.41. The van der Waals surface area contributed by atoms with Crippen LogP contribution in [0.2, 0.25) is 0 Å². The summed E-state index contributed by atoms with van der Waals surface area (Å²) in [6.07, 6.45) is 2.02. The fourth-order valence-electron chi connectivity index (χ4n) is 1.62. The summed E-state index contributed by atoms with van der Waals surface area (Å²) in [6.45, 7) is 2.76. The van der Waals surface area contributed by atoms with Crippen LogP contribution in [0.5, 0.6) is 0 Å². The van der Waals surface area contributed by atoms with Crippen LogP contribution < -0.4 is 11.3 Å². The number of ether oxygens (including phenoxy) is 1. The molecule has 84 valence electrons. The van der Waals surface area contributed by atoms with Crippen molar-refractivity contribution in [2.75, 3.05) is 13.7 Å². The summed E-state index contributed by atoms with van der Waals surface area (Å²) in [5, 5.41) is 0. The average Bonchev–Trinajstić information content (AvgIpc) is 2.24. The quantitative estimate of drug-likeness (QED) is 0.549. The van der Waals surface area contributed by atoms with E-state index in [1.165, 1.54) is 11.1 Å². The highest BCUT2D eigenvalue weighted by Crippen LogP contribution is 2.08. The Morgan fingerprint density at radius 3 is 2.87 bits per heavy atom. The summed E-state index contributed by atoms with van der Waals surface area (Å²) in [5.41, 5.74) is 5.42. The molecule has 0 amide bonds. The molecule has 0 saturated heterocycles. The van der Waals surface area contributed by atoms with Crippen molar-refractivity contribution in [1.82, 2.24) is 5.43 Å². The third-order valence-corrected chi connectivity index (χ3v) is 2.47. The Labute approximate surface area is 91.6 Å². The lowest BCUT2D eigenvalue weighted by molar-refractivity contribution is 0.163. The first-order chi connectivity index (χ1) is 7.26. The van der Waals surface area contributed by atoms with Gasteiger partial charge in [-0.2, -0.15) is 0 Å². The number of nitrogens with one attached hydrogen (secondary N) is 1. The van der Waals surface area contributed by atoms with Crippen molar-refractivity contribution >= 4 is 0 Å². The molecule has 3 nitrogen and oxygen atoms in total. The topological polar surface area (TPSA) is 47.3 Å². The summed E-state index contributed by atoms with van der Waals surface area (Å²) >= 11 is 0. The predicted octanol–water partition coefficient (Wildman–Crippen LogP) is 1.41. The van der Waals surface area contributed by atoms with Gasteiger partial charge in [0.1, 0.15) is 0 Å². The molecule has 0 aromatic heterocycles. The van der Waals surface area contributed by atoms with Crippen LogP contribution in [0.25, 0.3) is 0 Å². The fraction of sp³-hybridized carbons (Fsp3) is 0.500. The van der Waals surface area contributed by atoms with Crippen molar-refractivity contribution < 1.29 is 4.74 Å². The highest BCUT2D eigenvalue weighted by Gasteiger charge is 2.05. The molecule has 1 atom stereocenters. The zero-order chi connectivity index (χ0) is 11.1. The van der Waals surface area contributed by atoms with Gasteiger partial charge in [-0.1, -0.05) is 29.8 Å². The summed E-state index contributed by atoms with van der Waals surface area (Å²) in [4.78, 5) is 0. The van der Waals surface area contributed by atoms with Crippen LogP contribution in [0, 0.1) is 6.92 Å². The summed E-state index contributed by atoms with van der Waals surface area (Å²) < 4.78 is 5.06. The monoisotopic (exact) mass is 208 g/mol. The number of rotatable bonds is 6. The second-order valence-electron chi connectivity index (χ2n) is 3.85. The first-order valence-electron chi connectivity index (χ1n) is 5.27. The van der Waals surface area contributed by atoms with Gasteiger partial charge in [-0.3, -0.25) is 11.3 Å². The number of aryl methyl sites for hydroxylation is 2. The van der Waals surface area contributed by atoms with E-state index in [1.807, 2.05) is 0 Å². The lowest BCUT2D eigenvalue weighted by atomic mass is 10.0. The number of nitrogens with two attached hydrogens (primary N) is 1. The maximum absolute atomic E-state index is 5.42. The van der Waals surface area contributed by atoms with E-state index in [0.29, 0.717) is 6.61 Å². The zero-order valence-corrected chi connectivity index (χ0v) is 9.49. The van der Waals surface area contributed by atoms with Crippen LogP contribution in [0.1, 0.15) is 17.5 Å². The van der Waals surface area contributed by atoms with Crippen LogP contribution in [0.4, 0.5) is 0 Å². The molecule has 0 heterocycles. The third-order valence-electron chi connectivity index (χ3n) is 2.47. The van der Waals surface area contributed by atoms with Crippen molar-refractivity contribution in [3.63, 3.8) is 0 Å². The lowest BCUT2D eigenvalue weighted by Crippen LogP contribution is -2.38. The Hall–Kier alpha value is -0.900. The largest absolute Gasteiger partial charge is 0.383 e. The van der Waals surface area contributed by atoms with Crippen LogP contribution in [0.15, 0.2) is 24.3 Å². The molecule has 3 N–H and O–H groups in total. The molecule has 0 saturated carbocycles. The van der Waals surface area contributed by atoms with Gasteiger partial charge in [0.05, 0.1) is 6.61 Å². The minimum Gasteiger partial charge on any atom is -0.383 e. The van der Waals surface area contributed by atoms with Gasteiger partial charge in [-0.15, -0.1) is 0 Å². The minimum absolute atomic E-state index is 0.232. The maximum atomic E-state index is 5.42. The first kappa shape index (κ1) is 12.2. The Morgan fingerprint density at radius 2 is 2.27 bits per heavy atom. The molecule has 1 unspecified atom stereocenters. The van der Waals surface area contributed by atoms with E-state index in [9.17, 15) is 0 Å². The highest BCUT2D eigenvalue weighted by atomic mass is 16.5. The second-order valence-corrected chi connectivity index (χ2v) is 3.85. The van der Waals surface area contributed by atoms with Crippen LogP contribution >= 0.6 is 0 Å². The Bertz CT molecular complexity index is 289. The van der Waals surface area contributed by atoms with Crippen molar-refractivity contribution in [2.45, 2.75) is 25.8 Å². The van der Waals surface area contributed by atoms with E-state index < -0.39 is 0 Å². The van der Waals surface area contributed by atoms with E-state index in [0.717, 1.165) is 12.8 Å². The van der Waals surface area contributed by atoms with Gasteiger partial charge in [0.25, 0.3) is 0 Å². The molecule has 1 aromatic carbocycles. The van der Waals surface area contributed by atoms with Gasteiger partial charge in [0.15, 0.2) is 0 Å². The molecule has 1 aromatic rings. The number of methoxy groups -OCH3 is 1. The van der Waals surface area contributed by atoms with Gasteiger partial charge in [0, 0.05) is 13.2 Å². The highest BCUT2D eigenvalue weighted by molar-refractivity contribution is 5.22. The number of benzene rings is 1. The molecule has 0 aliphatic carbocycles. The van der Waals surface area contributed by atoms with Gasteiger partial charge >= 0.3 is 0 Å². The van der Waals surface area contributed by atoms with E-state index in [2.05, 4.69) is 36.6 Å². The molecule has 15 heavy (non-hydrogen) atoms. The molecular weight excluding hydrogens is 188 g/mol. The molecule has 0 bridgehead atoms. The standard InChI is InChI=1S/C12H20N2O/c1-10-4-3-5-11(8-10)6-7-12(14-13)9-15-2/h3-5,8,12,14H,6-7,9,13H2,1-2H3. The predicted molar refractivity (Wildman–Crippen MR) is 62.5 cm³/mol. The minimum atomic E-state index is 0.232. The van der Waals surface area contributed by atoms with Gasteiger partial charge < -0.3 is 4.74 Å². The zero-order valence-electron chi connectivity index (χ0n) is 9.49. The van der Waals surface area contributed by atoms with Crippen LogP contribution in [-0.2, 0) is 11.2 Å². The number of hydrazine groups is 1. The average molecular weight is 208 g/mol. The summed E-state index contributed by atoms with van der Waals surface area (Å²) in [6, 6.07) is 8.78. The number of hydrogen-bond donors (Lipinski definition) is 2. The lowest BCUT2D eigenvalue weighted by Gasteiger charge is -2.14. The Morgan fingerprint density at radius 1 is 1.47 bits per heavy atom. The molecule has 0 radical (unpaired) electrons. The van der Waals surface area contributed by atoms with Gasteiger partial charge in [0.2, 0.25) is 0 Å². The van der Waals surface area contributed by atoms with Gasteiger partial charge in [-0.05, 0) is 25.3 Å². The van der Waals surface area contributed by atoms with E-state index in [-0.39, 0.29) is 6.04 Å². The van der Waals surface area contributed by atoms with Crippen molar-refractivity contribution in [3.8, 4) is 0 Å². The molecule has 0 aliphatic heterocycles. The maximum Gasteiger partial charge on any atom is 0.0629 e. The smallest absolute Gasteiger partial charge is 0.0629 e. The Kier molecular flexibility index (Phi) is 5.32. The van der Waals surface area contributed by atoms with Crippen LogP contribution in [-0.4, -0.2) is 19.8 Å². The van der Waals surface area contributed by atoms with E-state index in [4.69, 9.17) is 10.6 Å². The second kappa shape index (κ2) is 6.56. The van der Waals surface area contributed by atoms with Crippen molar-refractivity contribution in [2.24, 2.45) is 5.84 Å². The SMILES string of the molecule is COCC(CCc1cccc(C)c1)NN. The summed E-state index contributed by atoms with van der Waals surface area (Å²) in [7, 11) is 1.69. The molecule has 0 fully saturated rings. The first-order valence-corrected chi connectivity index (χ1v) is 5.27. The molecule has 3 heteroatoms. The van der Waals surface area contributed by atoms with Gasteiger partial charge in [-0.25, -0.2) is 0 Å². The molecule has 1 rings (SSSR count). The molecule has 0 spiro atoms. The van der Waals surface area contributed by atoms with E-state index >= 15 is 0 Å². The summed E-state index contributed by atoms with van der Waals surface area (Å²) in [5.74, 6) is 5.42. The molecular formula is C12H20N2O. The number of hydrogen-bond acceptors (Lipinski definition) is 3. The molecule has 0 aliphatic rings.